The molecule has 0 aliphatic heterocycles. The van der Waals surface area contributed by atoms with Crippen molar-refractivity contribution in [3.63, 3.8) is 0 Å². The highest BCUT2D eigenvalue weighted by Crippen LogP contribution is 2.16. The van der Waals surface area contributed by atoms with E-state index in [1.54, 1.807) is 12.4 Å². The first kappa shape index (κ1) is 15.4. The molecule has 0 radical (unpaired) electrons. The fraction of sp³-hybridized carbons (Fsp3) is 0.200. The Bertz CT molecular complexity index is 462. The third-order valence-corrected chi connectivity index (χ3v) is 2.20. The van der Waals surface area contributed by atoms with Crippen molar-refractivity contribution in [2.45, 2.75) is 6.42 Å². The maximum absolute atomic E-state index is 5.83. The highest BCUT2D eigenvalue weighted by atomic mass is 35.5. The van der Waals surface area contributed by atoms with Gasteiger partial charge in [-0.05, 0) is 30.7 Å². The molecule has 6 heteroatoms. The van der Waals surface area contributed by atoms with Crippen molar-refractivity contribution in [2.75, 3.05) is 6.54 Å². The number of hydrogen-bond acceptors (Lipinski definition) is 3. The van der Waals surface area contributed by atoms with Crippen molar-refractivity contribution in [2.24, 2.45) is 5.73 Å². The van der Waals surface area contributed by atoms with Gasteiger partial charge in [0.05, 0.1) is 5.02 Å². The van der Waals surface area contributed by atoms with E-state index in [-0.39, 0.29) is 24.8 Å². The van der Waals surface area contributed by atoms with Crippen LogP contribution in [-0.4, -0.2) is 16.5 Å². The molecule has 0 saturated heterocycles. The molecule has 0 saturated carbocycles. The van der Waals surface area contributed by atoms with E-state index in [2.05, 4.69) is 9.97 Å². The van der Waals surface area contributed by atoms with Crippen LogP contribution in [0.25, 0.3) is 11.0 Å². The summed E-state index contributed by atoms with van der Waals surface area (Å²) in [5.41, 5.74) is 7.30. The average Bonchev–Trinajstić information content (AvgIpc) is 2.17. The molecule has 16 heavy (non-hydrogen) atoms. The standard InChI is InChI=1S/C10H10ClN3.2ClH/c11-9-4-8-3-7(1-2-12)5-13-10(8)14-6-9;;/h3-6H,1-2,12H2;2*1H. The van der Waals surface area contributed by atoms with Crippen LogP contribution in [0.5, 0.6) is 0 Å². The van der Waals surface area contributed by atoms with Crippen LogP contribution in [0.15, 0.2) is 24.5 Å². The van der Waals surface area contributed by atoms with Gasteiger partial charge in [0.25, 0.3) is 0 Å². The van der Waals surface area contributed by atoms with Gasteiger partial charge in [0.15, 0.2) is 5.65 Å². The Hall–Kier alpha value is -0.610. The first-order valence-corrected chi connectivity index (χ1v) is 4.77. The molecular formula is C10H12Cl3N3. The average molecular weight is 281 g/mol. The summed E-state index contributed by atoms with van der Waals surface area (Å²) < 4.78 is 0. The maximum atomic E-state index is 5.83. The van der Waals surface area contributed by atoms with Gasteiger partial charge in [-0.3, -0.25) is 0 Å². The smallest absolute Gasteiger partial charge is 0.159 e. The molecule has 2 rings (SSSR count). The largest absolute Gasteiger partial charge is 0.330 e. The highest BCUT2D eigenvalue weighted by Gasteiger charge is 1.99. The summed E-state index contributed by atoms with van der Waals surface area (Å²) in [4.78, 5) is 8.32. The molecule has 0 bridgehead atoms. The van der Waals surface area contributed by atoms with Crippen molar-refractivity contribution in [3.8, 4) is 0 Å². The molecule has 0 aliphatic rings. The predicted molar refractivity (Wildman–Crippen MR) is 71.8 cm³/mol. The van der Waals surface area contributed by atoms with Gasteiger partial charge in [0.1, 0.15) is 0 Å². The van der Waals surface area contributed by atoms with Crippen molar-refractivity contribution in [1.82, 2.24) is 9.97 Å². The Labute approximate surface area is 111 Å². The van der Waals surface area contributed by atoms with E-state index in [4.69, 9.17) is 17.3 Å². The minimum Gasteiger partial charge on any atom is -0.330 e. The van der Waals surface area contributed by atoms with Crippen LogP contribution in [0.2, 0.25) is 5.02 Å². The summed E-state index contributed by atoms with van der Waals surface area (Å²) in [5, 5.41) is 1.59. The predicted octanol–water partition coefficient (Wildman–Crippen LogP) is 2.63. The number of halogens is 3. The van der Waals surface area contributed by atoms with Crippen LogP contribution in [0.4, 0.5) is 0 Å². The minimum atomic E-state index is 0. The molecule has 0 spiro atoms. The molecule has 0 aliphatic carbocycles. The zero-order valence-electron chi connectivity index (χ0n) is 8.39. The van der Waals surface area contributed by atoms with Gasteiger partial charge in [-0.25, -0.2) is 9.97 Å². The quantitative estimate of drug-likeness (QED) is 0.920. The third-order valence-electron chi connectivity index (χ3n) is 1.99. The first-order valence-electron chi connectivity index (χ1n) is 4.40. The molecule has 0 fully saturated rings. The number of rotatable bonds is 2. The van der Waals surface area contributed by atoms with E-state index >= 15 is 0 Å². The van der Waals surface area contributed by atoms with Gasteiger partial charge in [-0.15, -0.1) is 24.8 Å². The fourth-order valence-corrected chi connectivity index (χ4v) is 1.51. The molecule has 0 atom stereocenters. The Kier molecular flexibility index (Phi) is 6.60. The molecule has 88 valence electrons. The SMILES string of the molecule is Cl.Cl.NCCc1cnc2ncc(Cl)cc2c1. The molecular weight excluding hydrogens is 268 g/mol. The van der Waals surface area contributed by atoms with Crippen molar-refractivity contribution in [1.29, 1.82) is 0 Å². The molecule has 0 amide bonds. The van der Waals surface area contributed by atoms with E-state index in [0.29, 0.717) is 11.6 Å². The molecule has 2 aromatic rings. The summed E-state index contributed by atoms with van der Waals surface area (Å²) in [5.74, 6) is 0. The van der Waals surface area contributed by atoms with Gasteiger partial charge in [-0.2, -0.15) is 0 Å². The van der Waals surface area contributed by atoms with Crippen LogP contribution in [0.3, 0.4) is 0 Å². The van der Waals surface area contributed by atoms with Crippen LogP contribution < -0.4 is 5.73 Å². The lowest BCUT2D eigenvalue weighted by Gasteiger charge is -2.00. The lowest BCUT2D eigenvalue weighted by Crippen LogP contribution is -2.03. The number of nitrogens with two attached hydrogens (primary N) is 1. The Morgan fingerprint density at radius 1 is 1.12 bits per heavy atom. The highest BCUT2D eigenvalue weighted by molar-refractivity contribution is 6.31. The second kappa shape index (κ2) is 6.86. The van der Waals surface area contributed by atoms with Gasteiger partial charge >= 0.3 is 0 Å². The summed E-state index contributed by atoms with van der Waals surface area (Å²) in [6.45, 7) is 0.626. The topological polar surface area (TPSA) is 51.8 Å². The van der Waals surface area contributed by atoms with E-state index < -0.39 is 0 Å². The second-order valence-electron chi connectivity index (χ2n) is 3.08. The van der Waals surface area contributed by atoms with Gasteiger partial charge in [-0.1, -0.05) is 11.6 Å². The van der Waals surface area contributed by atoms with E-state index in [1.807, 2.05) is 12.1 Å². The molecule has 0 unspecified atom stereocenters. The number of fused-ring (bicyclic) bond motifs is 1. The van der Waals surface area contributed by atoms with E-state index in [0.717, 1.165) is 23.0 Å². The number of hydrogen-bond donors (Lipinski definition) is 1. The molecule has 0 aromatic carbocycles. The van der Waals surface area contributed by atoms with Gasteiger partial charge in [0, 0.05) is 17.8 Å². The molecule has 2 N–H and O–H groups in total. The zero-order chi connectivity index (χ0) is 9.97. The van der Waals surface area contributed by atoms with Crippen LogP contribution in [0.1, 0.15) is 5.56 Å². The maximum Gasteiger partial charge on any atom is 0.159 e. The van der Waals surface area contributed by atoms with Crippen molar-refractivity contribution >= 4 is 47.4 Å². The van der Waals surface area contributed by atoms with Gasteiger partial charge in [0.2, 0.25) is 0 Å². The second-order valence-corrected chi connectivity index (χ2v) is 3.52. The van der Waals surface area contributed by atoms with Crippen LogP contribution in [-0.2, 0) is 6.42 Å². The Balaban J connectivity index is 0.00000112. The summed E-state index contributed by atoms with van der Waals surface area (Å²) in [6.07, 6.45) is 4.23. The summed E-state index contributed by atoms with van der Waals surface area (Å²) in [7, 11) is 0. The fourth-order valence-electron chi connectivity index (χ4n) is 1.35. The molecule has 2 heterocycles. The Morgan fingerprint density at radius 3 is 2.50 bits per heavy atom. The minimum absolute atomic E-state index is 0. The zero-order valence-corrected chi connectivity index (χ0v) is 10.8. The van der Waals surface area contributed by atoms with Crippen molar-refractivity contribution < 1.29 is 0 Å². The normalized spacial score (nSPS) is 9.38. The monoisotopic (exact) mass is 279 g/mol. The van der Waals surface area contributed by atoms with Crippen molar-refractivity contribution in [3.05, 3.63) is 35.1 Å². The van der Waals surface area contributed by atoms with E-state index in [1.165, 1.54) is 0 Å². The summed E-state index contributed by atoms with van der Waals surface area (Å²) >= 11 is 5.83. The Morgan fingerprint density at radius 2 is 1.81 bits per heavy atom. The van der Waals surface area contributed by atoms with Gasteiger partial charge < -0.3 is 5.73 Å². The van der Waals surface area contributed by atoms with Crippen LogP contribution in [0, 0.1) is 0 Å². The molecule has 3 nitrogen and oxygen atoms in total. The number of aromatic nitrogens is 2. The molecule has 2 aromatic heterocycles. The van der Waals surface area contributed by atoms with E-state index in [9.17, 15) is 0 Å². The number of nitrogens with zero attached hydrogens (tertiary/aromatic N) is 2. The lowest BCUT2D eigenvalue weighted by atomic mass is 10.1. The van der Waals surface area contributed by atoms with Crippen LogP contribution >= 0.6 is 36.4 Å². The lowest BCUT2D eigenvalue weighted by molar-refractivity contribution is 0.962. The first-order chi connectivity index (χ1) is 6.79. The third kappa shape index (κ3) is 3.46. The number of pyridine rings is 2. The summed E-state index contributed by atoms with van der Waals surface area (Å²) in [6, 6.07) is 3.88.